The van der Waals surface area contributed by atoms with Crippen LogP contribution in [0.4, 0.5) is 10.6 Å². The van der Waals surface area contributed by atoms with Gasteiger partial charge in [0.2, 0.25) is 15.7 Å². The van der Waals surface area contributed by atoms with E-state index in [0.717, 1.165) is 36.6 Å². The van der Waals surface area contributed by atoms with Crippen molar-refractivity contribution in [1.82, 2.24) is 14.9 Å². The SMILES string of the molecule is Cc1cccc2c1C1(CCC2)CCc2c(nc(S(C)(=O)=O)nc2N2CCN(C(=O)O)[C@@H](CC#N)C2)O1. The second kappa shape index (κ2) is 8.92. The van der Waals surface area contributed by atoms with E-state index in [-0.39, 0.29) is 30.5 Å². The number of aromatic nitrogens is 2. The van der Waals surface area contributed by atoms with Crippen LogP contribution in [-0.4, -0.2) is 66.4 Å². The number of aryl methyl sites for hydroxylation is 2. The summed E-state index contributed by atoms with van der Waals surface area (Å²) in [6.07, 6.45) is 4.10. The number of anilines is 1. The van der Waals surface area contributed by atoms with Crippen LogP contribution in [-0.2, 0) is 28.3 Å². The van der Waals surface area contributed by atoms with E-state index in [1.165, 1.54) is 16.0 Å². The number of rotatable bonds is 3. The van der Waals surface area contributed by atoms with Crippen molar-refractivity contribution >= 4 is 21.7 Å². The quantitative estimate of drug-likeness (QED) is 0.617. The van der Waals surface area contributed by atoms with E-state index in [4.69, 9.17) is 4.74 Å². The highest BCUT2D eigenvalue weighted by atomic mass is 32.2. The lowest BCUT2D eigenvalue weighted by atomic mass is 9.73. The van der Waals surface area contributed by atoms with Crippen molar-refractivity contribution in [2.45, 2.75) is 62.2 Å². The number of hydrogen-bond acceptors (Lipinski definition) is 8. The highest BCUT2D eigenvalue weighted by molar-refractivity contribution is 7.90. The van der Waals surface area contributed by atoms with Crippen LogP contribution in [0.15, 0.2) is 23.4 Å². The van der Waals surface area contributed by atoms with E-state index in [9.17, 15) is 23.6 Å². The van der Waals surface area contributed by atoms with E-state index in [2.05, 4.69) is 41.2 Å². The predicted octanol–water partition coefficient (Wildman–Crippen LogP) is 2.83. The molecule has 2 aromatic rings. The number of nitrogens with zero attached hydrogens (tertiary/aromatic N) is 5. The largest absolute Gasteiger partial charge is 0.466 e. The first-order valence-electron chi connectivity index (χ1n) is 12.1. The zero-order chi connectivity index (χ0) is 25.7. The lowest BCUT2D eigenvalue weighted by molar-refractivity contribution is 0.0185. The van der Waals surface area contributed by atoms with Crippen molar-refractivity contribution < 1.29 is 23.1 Å². The van der Waals surface area contributed by atoms with Gasteiger partial charge in [0.25, 0.3) is 5.16 Å². The van der Waals surface area contributed by atoms with E-state index < -0.39 is 27.6 Å². The Bertz CT molecular complexity index is 1370. The third-order valence-corrected chi connectivity index (χ3v) is 8.37. The molecule has 1 saturated heterocycles. The molecule has 1 aromatic heterocycles. The number of hydrogen-bond donors (Lipinski definition) is 1. The number of fused-ring (bicyclic) bond motifs is 3. The maximum Gasteiger partial charge on any atom is 0.407 e. The molecule has 2 aliphatic heterocycles. The summed E-state index contributed by atoms with van der Waals surface area (Å²) in [6.45, 7) is 2.83. The molecule has 3 aliphatic rings. The van der Waals surface area contributed by atoms with Crippen molar-refractivity contribution in [3.63, 3.8) is 0 Å². The highest BCUT2D eigenvalue weighted by Crippen LogP contribution is 2.48. The fourth-order valence-electron chi connectivity index (χ4n) is 5.94. The minimum Gasteiger partial charge on any atom is -0.466 e. The highest BCUT2D eigenvalue weighted by Gasteiger charge is 2.45. The van der Waals surface area contributed by atoms with Crippen molar-refractivity contribution in [3.8, 4) is 11.9 Å². The molecule has 0 saturated carbocycles. The predicted molar refractivity (Wildman–Crippen MR) is 131 cm³/mol. The van der Waals surface area contributed by atoms with Gasteiger partial charge < -0.3 is 19.6 Å². The average Bonchev–Trinajstić information content (AvgIpc) is 2.83. The number of benzene rings is 1. The first-order valence-corrected chi connectivity index (χ1v) is 14.0. The molecule has 5 rings (SSSR count). The summed E-state index contributed by atoms with van der Waals surface area (Å²) < 4.78 is 31.8. The minimum absolute atomic E-state index is 0.0324. The number of carboxylic acid groups (broad SMARTS) is 1. The Morgan fingerprint density at radius 3 is 2.81 bits per heavy atom. The summed E-state index contributed by atoms with van der Waals surface area (Å²) in [7, 11) is -3.74. The first kappa shape index (κ1) is 24.3. The molecular weight excluding hydrogens is 482 g/mol. The fraction of sp³-hybridized carbons (Fsp3) is 0.520. The molecular formula is C25H29N5O5S. The van der Waals surface area contributed by atoms with Gasteiger partial charge in [-0.25, -0.2) is 18.2 Å². The van der Waals surface area contributed by atoms with E-state index in [1.807, 2.05) is 4.90 Å². The molecule has 1 fully saturated rings. The van der Waals surface area contributed by atoms with Crippen LogP contribution in [0.5, 0.6) is 5.88 Å². The maximum atomic E-state index is 12.6. The number of sulfone groups is 1. The lowest BCUT2D eigenvalue weighted by Crippen LogP contribution is -2.55. The molecule has 0 radical (unpaired) electrons. The molecule has 2 atom stereocenters. The standard InChI is InChI=1S/C25H29N5O5S/c1-16-5-3-6-17-7-4-10-25(20(16)17)11-8-19-21(27-23(36(2,33)34)28-22(19)35-25)29-13-14-30(24(31)32)18(15-29)9-12-26/h3,5-6,18H,4,7-11,13-15H2,1-2H3,(H,31,32)/t18-,25?/m0/s1. The van der Waals surface area contributed by atoms with Crippen LogP contribution >= 0.6 is 0 Å². The van der Waals surface area contributed by atoms with E-state index in [1.54, 1.807) is 0 Å². The monoisotopic (exact) mass is 511 g/mol. The van der Waals surface area contributed by atoms with Gasteiger partial charge in [-0.05, 0) is 50.2 Å². The van der Waals surface area contributed by atoms with Gasteiger partial charge in [0.15, 0.2) is 0 Å². The average molecular weight is 512 g/mol. The van der Waals surface area contributed by atoms with Crippen molar-refractivity contribution in [2.24, 2.45) is 0 Å². The molecule has 11 heteroatoms. The van der Waals surface area contributed by atoms with Gasteiger partial charge in [-0.3, -0.25) is 0 Å². The first-order chi connectivity index (χ1) is 17.1. The molecule has 36 heavy (non-hydrogen) atoms. The Kier molecular flexibility index (Phi) is 6.03. The zero-order valence-electron chi connectivity index (χ0n) is 20.4. The zero-order valence-corrected chi connectivity index (χ0v) is 21.2. The van der Waals surface area contributed by atoms with Crippen LogP contribution in [0.25, 0.3) is 0 Å². The Balaban J connectivity index is 1.58. The van der Waals surface area contributed by atoms with Gasteiger partial charge in [0.1, 0.15) is 11.4 Å². The summed E-state index contributed by atoms with van der Waals surface area (Å²) in [5, 5.41) is 18.5. The van der Waals surface area contributed by atoms with Gasteiger partial charge in [0.05, 0.1) is 24.1 Å². The Labute approximate surface area is 210 Å². The van der Waals surface area contributed by atoms with Crippen LogP contribution < -0.4 is 9.64 Å². The smallest absolute Gasteiger partial charge is 0.407 e. The molecule has 190 valence electrons. The second-order valence-electron chi connectivity index (χ2n) is 9.88. The summed E-state index contributed by atoms with van der Waals surface area (Å²) in [5.74, 6) is 0.726. The molecule has 1 unspecified atom stereocenters. The number of carbonyl (C=O) groups is 1. The van der Waals surface area contributed by atoms with Crippen molar-refractivity contribution in [1.29, 1.82) is 5.26 Å². The topological polar surface area (TPSA) is 137 Å². The molecule has 10 nitrogen and oxygen atoms in total. The van der Waals surface area contributed by atoms with Crippen molar-refractivity contribution in [2.75, 3.05) is 30.8 Å². The van der Waals surface area contributed by atoms with Gasteiger partial charge >= 0.3 is 6.09 Å². The summed E-state index contributed by atoms with van der Waals surface area (Å²) in [6, 6.07) is 7.78. The van der Waals surface area contributed by atoms with Gasteiger partial charge in [-0.15, -0.1) is 0 Å². The van der Waals surface area contributed by atoms with Gasteiger partial charge in [-0.1, -0.05) is 18.2 Å². The maximum absolute atomic E-state index is 12.6. The van der Waals surface area contributed by atoms with Crippen LogP contribution in [0.1, 0.15) is 47.9 Å². The molecule has 1 spiro atoms. The molecule has 1 amide bonds. The number of amides is 1. The summed E-state index contributed by atoms with van der Waals surface area (Å²) >= 11 is 0. The van der Waals surface area contributed by atoms with E-state index >= 15 is 0 Å². The van der Waals surface area contributed by atoms with Gasteiger partial charge in [0, 0.05) is 31.5 Å². The second-order valence-corrected chi connectivity index (χ2v) is 11.8. The Morgan fingerprint density at radius 2 is 2.08 bits per heavy atom. The fourth-order valence-corrected chi connectivity index (χ4v) is 6.44. The molecule has 1 N–H and O–H groups in total. The van der Waals surface area contributed by atoms with E-state index in [0.29, 0.717) is 25.2 Å². The third kappa shape index (κ3) is 4.13. The van der Waals surface area contributed by atoms with Crippen molar-refractivity contribution in [3.05, 3.63) is 40.5 Å². The molecule has 0 bridgehead atoms. The normalized spacial score (nSPS) is 23.4. The number of piperazine rings is 1. The molecule has 1 aliphatic carbocycles. The number of nitriles is 1. The minimum atomic E-state index is -3.74. The molecule has 3 heterocycles. The lowest BCUT2D eigenvalue weighted by Gasteiger charge is -2.44. The van der Waals surface area contributed by atoms with Crippen LogP contribution in [0, 0.1) is 18.3 Å². The summed E-state index contributed by atoms with van der Waals surface area (Å²) in [4.78, 5) is 23.6. The summed E-state index contributed by atoms with van der Waals surface area (Å²) in [5.41, 5.74) is 3.74. The van der Waals surface area contributed by atoms with Crippen LogP contribution in [0.3, 0.4) is 0 Å². The number of ether oxygens (including phenoxy) is 1. The molecule has 1 aromatic carbocycles. The van der Waals surface area contributed by atoms with Gasteiger partial charge in [-0.2, -0.15) is 10.2 Å². The Morgan fingerprint density at radius 1 is 1.28 bits per heavy atom. The van der Waals surface area contributed by atoms with Crippen LogP contribution in [0.2, 0.25) is 0 Å². The Hall–Kier alpha value is -3.39. The third-order valence-electron chi connectivity index (χ3n) is 7.53.